The lowest BCUT2D eigenvalue weighted by Gasteiger charge is -2.33. The van der Waals surface area contributed by atoms with Crippen LogP contribution in [0.4, 0.5) is 0 Å². The van der Waals surface area contributed by atoms with Gasteiger partial charge in [0.1, 0.15) is 6.10 Å². The number of rotatable bonds is 11. The molecule has 29 heavy (non-hydrogen) atoms. The number of unbranched alkanes of at least 4 members (excludes halogenated alkanes) is 3. The summed E-state index contributed by atoms with van der Waals surface area (Å²) in [6.45, 7) is 2.78. The minimum Gasteiger partial charge on any atom is -0.481 e. The molecule has 2 aliphatic rings. The lowest BCUT2D eigenvalue weighted by Crippen LogP contribution is -2.39. The van der Waals surface area contributed by atoms with Gasteiger partial charge >= 0.3 is 5.97 Å². The van der Waals surface area contributed by atoms with Gasteiger partial charge in [-0.05, 0) is 56.3 Å². The van der Waals surface area contributed by atoms with Gasteiger partial charge in [-0.25, -0.2) is 0 Å². The van der Waals surface area contributed by atoms with E-state index in [0.717, 1.165) is 44.9 Å². The van der Waals surface area contributed by atoms with Gasteiger partial charge < -0.3 is 19.9 Å². The second-order valence-electron chi connectivity index (χ2n) is 8.33. The Balaban J connectivity index is 1.43. The maximum Gasteiger partial charge on any atom is 0.303 e. The van der Waals surface area contributed by atoms with Gasteiger partial charge in [-0.2, -0.15) is 0 Å². The summed E-state index contributed by atoms with van der Waals surface area (Å²) in [6.07, 6.45) is 8.27. The Hall–Kier alpha value is -1.66. The molecule has 0 radical (unpaired) electrons. The molecule has 5 unspecified atom stereocenters. The van der Waals surface area contributed by atoms with Crippen molar-refractivity contribution in [1.29, 1.82) is 0 Å². The van der Waals surface area contributed by atoms with Crippen molar-refractivity contribution in [2.24, 2.45) is 11.8 Å². The molecule has 0 aromatic heterocycles. The Bertz CT molecular complexity index is 668. The molecule has 2 aliphatic heterocycles. The first-order valence-corrected chi connectivity index (χ1v) is 11.3. The number of hydrogen-bond acceptors (Lipinski definition) is 4. The standard InChI is InChI=1S/C23H33NO4S/c1-16(27-23(29)24-15-17-9-5-4-6-10-17)22-18(19-13-14-20(22)28-19)11-7-2-3-8-12-21(25)26/h4-6,9-10,16,18-20,22H,2-3,7-8,11-15H2,1H3,(H,24,29)(H,25,26). The number of aliphatic carboxylic acids is 1. The molecule has 2 fully saturated rings. The van der Waals surface area contributed by atoms with Gasteiger partial charge in [0, 0.05) is 18.9 Å². The van der Waals surface area contributed by atoms with Crippen molar-refractivity contribution in [2.45, 2.75) is 83.1 Å². The number of fused-ring (bicyclic) bond motifs is 2. The molecule has 0 spiro atoms. The van der Waals surface area contributed by atoms with Crippen LogP contribution in [0, 0.1) is 11.8 Å². The van der Waals surface area contributed by atoms with E-state index in [9.17, 15) is 4.79 Å². The van der Waals surface area contributed by atoms with Gasteiger partial charge in [-0.15, -0.1) is 0 Å². The molecule has 0 saturated carbocycles. The second kappa shape index (κ2) is 10.9. The van der Waals surface area contributed by atoms with Crippen LogP contribution in [0.5, 0.6) is 0 Å². The molecule has 1 aromatic carbocycles. The molecule has 0 amide bonds. The van der Waals surface area contributed by atoms with Crippen LogP contribution in [0.3, 0.4) is 0 Å². The lowest BCUT2D eigenvalue weighted by molar-refractivity contribution is -0.137. The maximum atomic E-state index is 10.6. The van der Waals surface area contributed by atoms with Crippen molar-refractivity contribution >= 4 is 23.4 Å². The van der Waals surface area contributed by atoms with Crippen molar-refractivity contribution in [3.05, 3.63) is 35.9 Å². The molecular formula is C23H33NO4S. The van der Waals surface area contributed by atoms with Crippen LogP contribution in [0.1, 0.15) is 63.9 Å². The third-order valence-corrected chi connectivity index (χ3v) is 6.52. The SMILES string of the molecule is CC(OC(=S)NCc1ccccc1)C1C2CCC(O2)C1CCCCCCC(=O)O. The Morgan fingerprint density at radius 2 is 1.93 bits per heavy atom. The maximum absolute atomic E-state index is 10.6. The van der Waals surface area contributed by atoms with Crippen molar-refractivity contribution in [2.75, 3.05) is 0 Å². The Kier molecular flexibility index (Phi) is 8.30. The summed E-state index contributed by atoms with van der Waals surface area (Å²) in [5, 5.41) is 12.4. The Morgan fingerprint density at radius 3 is 2.69 bits per heavy atom. The highest BCUT2D eigenvalue weighted by Gasteiger charge is 2.51. The fraction of sp³-hybridized carbons (Fsp3) is 0.652. The number of carboxylic acids is 1. The topological polar surface area (TPSA) is 67.8 Å². The van der Waals surface area contributed by atoms with Gasteiger partial charge in [0.25, 0.3) is 5.17 Å². The van der Waals surface area contributed by atoms with Crippen LogP contribution in [0.15, 0.2) is 30.3 Å². The molecule has 3 rings (SSSR count). The third kappa shape index (κ3) is 6.41. The van der Waals surface area contributed by atoms with Gasteiger partial charge in [0.05, 0.1) is 12.2 Å². The van der Waals surface area contributed by atoms with Gasteiger partial charge in [0.2, 0.25) is 0 Å². The fourth-order valence-corrected chi connectivity index (χ4v) is 5.13. The molecule has 5 atom stereocenters. The van der Waals surface area contributed by atoms with Crippen molar-refractivity contribution < 1.29 is 19.4 Å². The third-order valence-electron chi connectivity index (χ3n) is 6.28. The predicted octanol–water partition coefficient (Wildman–Crippen LogP) is 4.69. The first-order chi connectivity index (χ1) is 14.0. The quantitative estimate of drug-likeness (QED) is 0.401. The van der Waals surface area contributed by atoms with Crippen LogP contribution in [-0.4, -0.2) is 34.6 Å². The molecule has 160 valence electrons. The number of ether oxygens (including phenoxy) is 2. The summed E-state index contributed by atoms with van der Waals surface area (Å²) >= 11 is 5.42. The molecule has 6 heteroatoms. The number of benzene rings is 1. The van der Waals surface area contributed by atoms with Gasteiger partial charge in [-0.3, -0.25) is 4.79 Å². The van der Waals surface area contributed by atoms with Crippen molar-refractivity contribution in [3.63, 3.8) is 0 Å². The molecular weight excluding hydrogens is 386 g/mol. The molecule has 2 saturated heterocycles. The second-order valence-corrected chi connectivity index (χ2v) is 8.70. The average molecular weight is 420 g/mol. The van der Waals surface area contributed by atoms with Crippen LogP contribution < -0.4 is 5.32 Å². The number of carboxylic acid groups (broad SMARTS) is 1. The van der Waals surface area contributed by atoms with Crippen LogP contribution >= 0.6 is 12.2 Å². The van der Waals surface area contributed by atoms with E-state index in [0.29, 0.717) is 29.7 Å². The normalized spacial score (nSPS) is 26.2. The van der Waals surface area contributed by atoms with E-state index in [4.69, 9.17) is 26.8 Å². The van der Waals surface area contributed by atoms with E-state index in [2.05, 4.69) is 24.4 Å². The molecule has 5 nitrogen and oxygen atoms in total. The van der Waals surface area contributed by atoms with Gasteiger partial charge in [-0.1, -0.05) is 49.6 Å². The number of carbonyl (C=O) groups is 1. The highest BCUT2D eigenvalue weighted by atomic mass is 32.1. The summed E-state index contributed by atoms with van der Waals surface area (Å²) in [6, 6.07) is 10.2. The minimum absolute atomic E-state index is 0.0260. The summed E-state index contributed by atoms with van der Waals surface area (Å²) in [4.78, 5) is 10.6. The minimum atomic E-state index is -0.700. The van der Waals surface area contributed by atoms with Crippen LogP contribution in [-0.2, 0) is 20.8 Å². The van der Waals surface area contributed by atoms with Crippen molar-refractivity contribution in [1.82, 2.24) is 5.32 Å². The Labute approximate surface area is 179 Å². The molecule has 1 aromatic rings. The van der Waals surface area contributed by atoms with Crippen LogP contribution in [0.25, 0.3) is 0 Å². The fourth-order valence-electron chi connectivity index (χ4n) is 4.91. The van der Waals surface area contributed by atoms with E-state index >= 15 is 0 Å². The highest BCUT2D eigenvalue weighted by molar-refractivity contribution is 7.80. The molecule has 2 N–H and O–H groups in total. The summed E-state index contributed by atoms with van der Waals surface area (Å²) in [7, 11) is 0. The predicted molar refractivity (Wildman–Crippen MR) is 117 cm³/mol. The van der Waals surface area contributed by atoms with E-state index in [-0.39, 0.29) is 18.6 Å². The van der Waals surface area contributed by atoms with E-state index in [1.807, 2.05) is 18.2 Å². The number of hydrogen-bond donors (Lipinski definition) is 2. The first kappa shape index (κ1) is 22.0. The zero-order valence-corrected chi connectivity index (χ0v) is 18.0. The average Bonchev–Trinajstić information content (AvgIpc) is 3.31. The van der Waals surface area contributed by atoms with Gasteiger partial charge in [0.15, 0.2) is 0 Å². The van der Waals surface area contributed by atoms with Crippen molar-refractivity contribution in [3.8, 4) is 0 Å². The highest BCUT2D eigenvalue weighted by Crippen LogP contribution is 2.47. The van der Waals surface area contributed by atoms with E-state index < -0.39 is 5.97 Å². The summed E-state index contributed by atoms with van der Waals surface area (Å²) in [5.74, 6) is 0.193. The number of nitrogens with one attached hydrogen (secondary N) is 1. The van der Waals surface area contributed by atoms with E-state index in [1.54, 1.807) is 0 Å². The monoisotopic (exact) mass is 419 g/mol. The Morgan fingerprint density at radius 1 is 1.21 bits per heavy atom. The summed E-state index contributed by atoms with van der Waals surface area (Å²) < 4.78 is 12.3. The molecule has 2 heterocycles. The van der Waals surface area contributed by atoms with Crippen LogP contribution in [0.2, 0.25) is 0 Å². The molecule has 2 bridgehead atoms. The number of thiocarbonyl (C=S) groups is 1. The zero-order valence-electron chi connectivity index (χ0n) is 17.2. The smallest absolute Gasteiger partial charge is 0.303 e. The summed E-state index contributed by atoms with van der Waals surface area (Å²) in [5.41, 5.74) is 1.18. The molecule has 0 aliphatic carbocycles. The van der Waals surface area contributed by atoms with E-state index in [1.165, 1.54) is 5.56 Å². The lowest BCUT2D eigenvalue weighted by atomic mass is 9.74. The first-order valence-electron chi connectivity index (χ1n) is 10.9. The zero-order chi connectivity index (χ0) is 20.6. The largest absolute Gasteiger partial charge is 0.481 e.